The fourth-order valence-electron chi connectivity index (χ4n) is 3.96. The monoisotopic (exact) mass is 424 g/mol. The highest BCUT2D eigenvalue weighted by Gasteiger charge is 2.15. The normalized spacial score (nSPS) is 12.5. The Bertz CT molecular complexity index is 386. The van der Waals surface area contributed by atoms with E-state index in [0.717, 1.165) is 6.42 Å². The molecule has 0 aromatic carbocycles. The van der Waals surface area contributed by atoms with Crippen LogP contribution in [0.25, 0.3) is 0 Å². The van der Waals surface area contributed by atoms with E-state index in [9.17, 15) is 0 Å². The topological polar surface area (TPSA) is 40.5 Å². The molecule has 0 spiro atoms. The number of aliphatic hydroxyl groups is 2. The van der Waals surface area contributed by atoms with Crippen LogP contribution in [0.15, 0.2) is 24.4 Å². The van der Waals surface area contributed by atoms with Gasteiger partial charge < -0.3 is 10.2 Å². The van der Waals surface area contributed by atoms with Crippen LogP contribution >= 0.6 is 0 Å². The highest BCUT2D eigenvalue weighted by Crippen LogP contribution is 2.14. The third kappa shape index (κ3) is 20.6. The smallest absolute Gasteiger partial charge is 0.106 e. The van der Waals surface area contributed by atoms with Crippen molar-refractivity contribution < 1.29 is 14.7 Å². The van der Waals surface area contributed by atoms with Gasteiger partial charge in [0, 0.05) is 0 Å². The van der Waals surface area contributed by atoms with E-state index in [1.54, 1.807) is 0 Å². The number of hydrogen-bond donors (Lipinski definition) is 2. The van der Waals surface area contributed by atoms with Crippen LogP contribution in [-0.4, -0.2) is 48.0 Å². The van der Waals surface area contributed by atoms with Crippen molar-refractivity contribution in [1.29, 1.82) is 0 Å². The highest BCUT2D eigenvalue weighted by molar-refractivity contribution is 4.99. The van der Waals surface area contributed by atoms with Gasteiger partial charge in [-0.2, -0.15) is 0 Å². The number of unbranched alkanes of at least 4 members (excludes halogenated alkanes) is 16. The van der Waals surface area contributed by atoms with Crippen molar-refractivity contribution in [3.8, 4) is 0 Å². The van der Waals surface area contributed by atoms with E-state index in [2.05, 4.69) is 31.4 Å². The van der Waals surface area contributed by atoms with Crippen molar-refractivity contribution in [3.05, 3.63) is 24.4 Å². The van der Waals surface area contributed by atoms with Crippen LogP contribution in [-0.2, 0) is 0 Å². The second-order valence-electron chi connectivity index (χ2n) is 9.24. The summed E-state index contributed by atoms with van der Waals surface area (Å²) in [7, 11) is 2.03. The van der Waals surface area contributed by atoms with Crippen molar-refractivity contribution in [2.75, 3.05) is 33.4 Å². The Morgan fingerprint density at radius 1 is 0.567 bits per heavy atom. The zero-order chi connectivity index (χ0) is 22.2. The molecule has 0 radical (unpaired) electrons. The largest absolute Gasteiger partial charge is 0.390 e. The molecule has 178 valence electrons. The van der Waals surface area contributed by atoms with E-state index in [1.807, 2.05) is 7.05 Å². The second-order valence-corrected chi connectivity index (χ2v) is 9.24. The minimum atomic E-state index is 0.143. The van der Waals surface area contributed by atoms with Gasteiger partial charge in [-0.05, 0) is 18.9 Å². The Kier molecular flexibility index (Phi) is 22.5. The van der Waals surface area contributed by atoms with Gasteiger partial charge in [-0.3, -0.25) is 4.48 Å². The van der Waals surface area contributed by atoms with Crippen LogP contribution in [0.2, 0.25) is 0 Å². The summed E-state index contributed by atoms with van der Waals surface area (Å²) >= 11 is 0. The molecule has 0 amide bonds. The first-order valence-electron chi connectivity index (χ1n) is 13.1. The third-order valence-corrected chi connectivity index (χ3v) is 6.14. The van der Waals surface area contributed by atoms with Crippen molar-refractivity contribution in [1.82, 2.24) is 0 Å². The Labute approximate surface area is 188 Å². The molecule has 0 unspecified atom stereocenters. The highest BCUT2D eigenvalue weighted by atomic mass is 16.3. The van der Waals surface area contributed by atoms with E-state index in [4.69, 9.17) is 10.2 Å². The van der Waals surface area contributed by atoms with Crippen LogP contribution in [0.3, 0.4) is 0 Å². The molecule has 3 heteroatoms. The van der Waals surface area contributed by atoms with Crippen LogP contribution < -0.4 is 0 Å². The number of quaternary nitrogens is 1. The summed E-state index contributed by atoms with van der Waals surface area (Å²) in [4.78, 5) is 0. The summed E-state index contributed by atoms with van der Waals surface area (Å²) in [6, 6.07) is 0. The van der Waals surface area contributed by atoms with Gasteiger partial charge in [0.1, 0.15) is 13.1 Å². The number of rotatable bonds is 23. The van der Waals surface area contributed by atoms with Gasteiger partial charge in [-0.15, -0.1) is 0 Å². The first-order valence-corrected chi connectivity index (χ1v) is 13.1. The van der Waals surface area contributed by atoms with Gasteiger partial charge in [-0.25, -0.2) is 0 Å². The van der Waals surface area contributed by atoms with Crippen LogP contribution in [0.5, 0.6) is 0 Å². The lowest BCUT2D eigenvalue weighted by molar-refractivity contribution is -0.860. The minimum Gasteiger partial charge on any atom is -0.390 e. The SMILES string of the molecule is CCCCCCCCCCCCCCCCCCC=CC=C[N+](C)(CCO)CCO. The number of likely N-dealkylation sites (N-methyl/N-ethyl adjacent to an activating group) is 1. The summed E-state index contributed by atoms with van der Waals surface area (Å²) in [6.45, 7) is 3.86. The van der Waals surface area contributed by atoms with Gasteiger partial charge in [0.05, 0.1) is 26.5 Å². The summed E-state index contributed by atoms with van der Waals surface area (Å²) in [5, 5.41) is 18.3. The number of nitrogens with zero attached hydrogens (tertiary/aromatic N) is 1. The van der Waals surface area contributed by atoms with Gasteiger partial charge in [-0.1, -0.05) is 115 Å². The quantitative estimate of drug-likeness (QED) is 0.104. The Balaban J connectivity index is 3.38. The van der Waals surface area contributed by atoms with Gasteiger partial charge in [0.25, 0.3) is 0 Å². The number of hydrogen-bond acceptors (Lipinski definition) is 2. The first-order chi connectivity index (χ1) is 14.7. The average molecular weight is 425 g/mol. The van der Waals surface area contributed by atoms with Crippen molar-refractivity contribution in [3.63, 3.8) is 0 Å². The number of aliphatic hydroxyl groups excluding tert-OH is 2. The molecule has 0 rings (SSSR count). The number of allylic oxidation sites excluding steroid dienone is 3. The van der Waals surface area contributed by atoms with E-state index < -0.39 is 0 Å². The maximum atomic E-state index is 9.14. The minimum absolute atomic E-state index is 0.143. The molecule has 0 fully saturated rings. The fourth-order valence-corrected chi connectivity index (χ4v) is 3.96. The molecule has 0 aliphatic rings. The molecule has 0 aromatic rings. The molecule has 3 nitrogen and oxygen atoms in total. The van der Waals surface area contributed by atoms with Gasteiger partial charge in [0.15, 0.2) is 0 Å². The van der Waals surface area contributed by atoms with Gasteiger partial charge >= 0.3 is 0 Å². The Hall–Kier alpha value is -0.640. The van der Waals surface area contributed by atoms with E-state index in [1.165, 1.54) is 103 Å². The molecule has 0 saturated carbocycles. The summed E-state index contributed by atoms with van der Waals surface area (Å²) in [5.74, 6) is 0. The molecule has 30 heavy (non-hydrogen) atoms. The molecule has 0 aromatic heterocycles. The second kappa shape index (κ2) is 23.0. The molecule has 0 atom stereocenters. The lowest BCUT2D eigenvalue weighted by Crippen LogP contribution is -2.42. The standard InChI is InChI=1S/C27H54NO2/c1-3-4-5-6-7-8-9-10-11-12-13-14-15-16-17-18-19-20-21-22-23-28(2,24-26-29)25-27-30/h20-23,29-30H,3-19,24-27H2,1-2H3/q+1. The fraction of sp³-hybridized carbons (Fsp3) is 0.852. The molecule has 0 saturated heterocycles. The van der Waals surface area contributed by atoms with E-state index >= 15 is 0 Å². The lowest BCUT2D eigenvalue weighted by Gasteiger charge is -2.28. The lowest BCUT2D eigenvalue weighted by atomic mass is 10.0. The Morgan fingerprint density at radius 2 is 0.967 bits per heavy atom. The van der Waals surface area contributed by atoms with E-state index in [-0.39, 0.29) is 13.2 Å². The molecular formula is C27H54NO2+. The van der Waals surface area contributed by atoms with Crippen molar-refractivity contribution >= 4 is 0 Å². The summed E-state index contributed by atoms with van der Waals surface area (Å²) in [6.07, 6.45) is 32.2. The molecule has 2 N–H and O–H groups in total. The van der Waals surface area contributed by atoms with E-state index in [0.29, 0.717) is 17.6 Å². The summed E-state index contributed by atoms with van der Waals surface area (Å²) in [5.41, 5.74) is 0. The summed E-state index contributed by atoms with van der Waals surface area (Å²) < 4.78 is 0.580. The Morgan fingerprint density at radius 3 is 1.37 bits per heavy atom. The van der Waals surface area contributed by atoms with Crippen LogP contribution in [0.1, 0.15) is 116 Å². The molecule has 0 heterocycles. The molecular weight excluding hydrogens is 370 g/mol. The zero-order valence-electron chi connectivity index (χ0n) is 20.5. The predicted molar refractivity (Wildman–Crippen MR) is 133 cm³/mol. The molecule has 0 bridgehead atoms. The maximum Gasteiger partial charge on any atom is 0.106 e. The first kappa shape index (κ1) is 29.4. The van der Waals surface area contributed by atoms with Crippen LogP contribution in [0, 0.1) is 0 Å². The maximum absolute atomic E-state index is 9.14. The zero-order valence-corrected chi connectivity index (χ0v) is 20.5. The van der Waals surface area contributed by atoms with Crippen LogP contribution in [0.4, 0.5) is 0 Å². The predicted octanol–water partition coefficient (Wildman–Crippen LogP) is 7.14. The van der Waals surface area contributed by atoms with Gasteiger partial charge in [0.2, 0.25) is 0 Å². The molecule has 0 aliphatic carbocycles. The van der Waals surface area contributed by atoms with Crippen molar-refractivity contribution in [2.24, 2.45) is 0 Å². The van der Waals surface area contributed by atoms with Crippen molar-refractivity contribution in [2.45, 2.75) is 116 Å². The molecule has 0 aliphatic heterocycles. The average Bonchev–Trinajstić information content (AvgIpc) is 2.72. The third-order valence-electron chi connectivity index (χ3n) is 6.14.